The SMILES string of the molecule is O=C(O)c1cccc(C(=O)NC/C(Cl)=C/Cl)c1. The van der Waals surface area contributed by atoms with Gasteiger partial charge in [-0.15, -0.1) is 0 Å². The van der Waals surface area contributed by atoms with Crippen molar-refractivity contribution in [3.8, 4) is 0 Å². The van der Waals surface area contributed by atoms with Crippen molar-refractivity contribution in [1.29, 1.82) is 0 Å². The minimum absolute atomic E-state index is 0.0524. The number of rotatable bonds is 4. The lowest BCUT2D eigenvalue weighted by Gasteiger charge is -2.04. The zero-order valence-corrected chi connectivity index (χ0v) is 10.1. The van der Waals surface area contributed by atoms with Crippen molar-refractivity contribution in [2.24, 2.45) is 0 Å². The molecule has 0 bridgehead atoms. The molecule has 17 heavy (non-hydrogen) atoms. The van der Waals surface area contributed by atoms with E-state index in [4.69, 9.17) is 28.3 Å². The summed E-state index contributed by atoms with van der Waals surface area (Å²) in [5, 5.41) is 11.6. The van der Waals surface area contributed by atoms with E-state index in [-0.39, 0.29) is 22.7 Å². The number of carbonyl (C=O) groups excluding carboxylic acids is 1. The lowest BCUT2D eigenvalue weighted by molar-refractivity contribution is 0.0697. The highest BCUT2D eigenvalue weighted by atomic mass is 35.5. The molecule has 0 unspecified atom stereocenters. The topological polar surface area (TPSA) is 66.4 Å². The van der Waals surface area contributed by atoms with Crippen LogP contribution in [0.25, 0.3) is 0 Å². The zero-order valence-electron chi connectivity index (χ0n) is 8.61. The van der Waals surface area contributed by atoms with Crippen LogP contribution < -0.4 is 5.32 Å². The minimum atomic E-state index is -1.08. The van der Waals surface area contributed by atoms with E-state index in [0.717, 1.165) is 5.54 Å². The van der Waals surface area contributed by atoms with Crippen molar-refractivity contribution in [2.45, 2.75) is 0 Å². The normalized spacial score (nSPS) is 11.1. The van der Waals surface area contributed by atoms with E-state index in [9.17, 15) is 9.59 Å². The van der Waals surface area contributed by atoms with Crippen LogP contribution in [-0.2, 0) is 0 Å². The van der Waals surface area contributed by atoms with Crippen molar-refractivity contribution < 1.29 is 14.7 Å². The van der Waals surface area contributed by atoms with Gasteiger partial charge in [-0.3, -0.25) is 4.79 Å². The Labute approximate surface area is 108 Å². The summed E-state index contributed by atoms with van der Waals surface area (Å²) in [6, 6.07) is 5.71. The maximum atomic E-state index is 11.6. The molecule has 2 N–H and O–H groups in total. The Balaban J connectivity index is 2.75. The summed E-state index contributed by atoms with van der Waals surface area (Å²) in [4.78, 5) is 22.3. The van der Waals surface area contributed by atoms with Crippen molar-refractivity contribution in [1.82, 2.24) is 5.32 Å². The zero-order chi connectivity index (χ0) is 12.8. The van der Waals surface area contributed by atoms with E-state index in [2.05, 4.69) is 5.32 Å². The second-order valence-corrected chi connectivity index (χ2v) is 3.83. The second-order valence-electron chi connectivity index (χ2n) is 3.12. The summed E-state index contributed by atoms with van der Waals surface area (Å²) in [7, 11) is 0. The summed E-state index contributed by atoms with van der Waals surface area (Å²) >= 11 is 10.9. The molecular weight excluding hydrogens is 265 g/mol. The molecule has 1 aromatic carbocycles. The van der Waals surface area contributed by atoms with Crippen LogP contribution in [0.2, 0.25) is 0 Å². The van der Waals surface area contributed by atoms with E-state index >= 15 is 0 Å². The van der Waals surface area contributed by atoms with E-state index in [1.165, 1.54) is 24.3 Å². The second kappa shape index (κ2) is 6.27. The standard InChI is InChI=1S/C11H9Cl2NO3/c12-5-9(13)6-14-10(15)7-2-1-3-8(4-7)11(16)17/h1-5H,6H2,(H,14,15)(H,16,17)/b9-5-. The molecule has 0 aromatic heterocycles. The van der Waals surface area contributed by atoms with Gasteiger partial charge in [0.2, 0.25) is 0 Å². The fourth-order valence-corrected chi connectivity index (χ4v) is 1.24. The monoisotopic (exact) mass is 273 g/mol. The van der Waals surface area contributed by atoms with E-state index in [1.54, 1.807) is 0 Å². The third-order valence-corrected chi connectivity index (χ3v) is 2.53. The molecule has 0 atom stereocenters. The lowest BCUT2D eigenvalue weighted by atomic mass is 10.1. The van der Waals surface area contributed by atoms with Gasteiger partial charge in [-0.2, -0.15) is 0 Å². The summed E-state index contributed by atoms with van der Waals surface area (Å²) in [6.45, 7) is 0.0984. The Bertz CT molecular complexity index is 472. The first kappa shape index (κ1) is 13.5. The van der Waals surface area contributed by atoms with Gasteiger partial charge in [0.1, 0.15) is 0 Å². The Morgan fingerprint density at radius 1 is 1.35 bits per heavy atom. The number of hydrogen-bond donors (Lipinski definition) is 2. The molecule has 0 saturated heterocycles. The molecule has 0 spiro atoms. The van der Waals surface area contributed by atoms with Crippen molar-refractivity contribution >= 4 is 35.1 Å². The highest BCUT2D eigenvalue weighted by Gasteiger charge is 2.09. The number of halogens is 2. The van der Waals surface area contributed by atoms with Gasteiger partial charge in [-0.1, -0.05) is 29.3 Å². The van der Waals surface area contributed by atoms with E-state index in [0.29, 0.717) is 0 Å². The molecule has 1 aromatic rings. The number of amides is 1. The van der Waals surface area contributed by atoms with Gasteiger partial charge in [0.05, 0.1) is 12.1 Å². The first-order chi connectivity index (χ1) is 8.04. The van der Waals surface area contributed by atoms with Gasteiger partial charge in [-0.05, 0) is 18.2 Å². The first-order valence-electron chi connectivity index (χ1n) is 4.61. The molecule has 0 aliphatic carbocycles. The molecule has 0 heterocycles. The molecule has 0 radical (unpaired) electrons. The number of carbonyl (C=O) groups is 2. The molecule has 0 saturated carbocycles. The summed E-state index contributed by atoms with van der Waals surface area (Å²) in [6.07, 6.45) is 0. The van der Waals surface area contributed by atoms with Crippen LogP contribution in [0.3, 0.4) is 0 Å². The Morgan fingerprint density at radius 2 is 2.00 bits per heavy atom. The number of aromatic carboxylic acids is 1. The molecule has 6 heteroatoms. The van der Waals surface area contributed by atoms with Gasteiger partial charge in [-0.25, -0.2) is 4.79 Å². The van der Waals surface area contributed by atoms with Crippen LogP contribution >= 0.6 is 23.2 Å². The minimum Gasteiger partial charge on any atom is -0.478 e. The number of nitrogens with one attached hydrogen (secondary N) is 1. The smallest absolute Gasteiger partial charge is 0.335 e. The van der Waals surface area contributed by atoms with E-state index in [1.807, 2.05) is 0 Å². The summed E-state index contributed by atoms with van der Waals surface area (Å²) in [5.74, 6) is -1.50. The van der Waals surface area contributed by atoms with Crippen molar-refractivity contribution in [3.05, 3.63) is 46.0 Å². The summed E-state index contributed by atoms with van der Waals surface area (Å²) < 4.78 is 0. The maximum Gasteiger partial charge on any atom is 0.335 e. The third-order valence-electron chi connectivity index (χ3n) is 1.91. The lowest BCUT2D eigenvalue weighted by Crippen LogP contribution is -2.24. The first-order valence-corrected chi connectivity index (χ1v) is 5.42. The number of carboxylic acids is 1. The predicted molar refractivity (Wildman–Crippen MR) is 65.5 cm³/mol. The van der Waals surface area contributed by atoms with E-state index < -0.39 is 11.9 Å². The van der Waals surface area contributed by atoms with Gasteiger partial charge in [0.15, 0.2) is 0 Å². The van der Waals surface area contributed by atoms with Crippen LogP contribution in [-0.4, -0.2) is 23.5 Å². The van der Waals surface area contributed by atoms with Gasteiger partial charge in [0, 0.05) is 16.1 Å². The Kier molecular flexibility index (Phi) is 5.00. The van der Waals surface area contributed by atoms with Crippen LogP contribution in [0.5, 0.6) is 0 Å². The third kappa shape index (κ3) is 4.09. The fraction of sp³-hybridized carbons (Fsp3) is 0.0909. The molecule has 1 rings (SSSR count). The highest BCUT2D eigenvalue weighted by molar-refractivity contribution is 6.36. The average molecular weight is 274 g/mol. The fourth-order valence-electron chi connectivity index (χ4n) is 1.10. The van der Waals surface area contributed by atoms with Crippen LogP contribution in [0.15, 0.2) is 34.8 Å². The highest BCUT2D eigenvalue weighted by Crippen LogP contribution is 2.06. The number of hydrogen-bond acceptors (Lipinski definition) is 2. The molecule has 0 aliphatic rings. The number of carboxylic acid groups (broad SMARTS) is 1. The molecule has 90 valence electrons. The van der Waals surface area contributed by atoms with Crippen molar-refractivity contribution in [2.75, 3.05) is 6.54 Å². The molecule has 1 amide bonds. The quantitative estimate of drug-likeness (QED) is 0.886. The summed E-state index contributed by atoms with van der Waals surface area (Å²) in [5.41, 5.74) is 1.45. The van der Waals surface area contributed by atoms with Crippen LogP contribution in [0.4, 0.5) is 0 Å². The average Bonchev–Trinajstić information content (AvgIpc) is 2.35. The number of benzene rings is 1. The molecule has 0 fully saturated rings. The molecular formula is C11H9Cl2NO3. The predicted octanol–water partition coefficient (Wildman–Crippen LogP) is 2.43. The Hall–Kier alpha value is -1.52. The molecule has 0 aliphatic heterocycles. The van der Waals surface area contributed by atoms with Gasteiger partial charge >= 0.3 is 5.97 Å². The molecule has 4 nitrogen and oxygen atoms in total. The van der Waals surface area contributed by atoms with Gasteiger partial charge < -0.3 is 10.4 Å². The Morgan fingerprint density at radius 3 is 2.59 bits per heavy atom. The largest absolute Gasteiger partial charge is 0.478 e. The van der Waals surface area contributed by atoms with Crippen LogP contribution in [0.1, 0.15) is 20.7 Å². The van der Waals surface area contributed by atoms with Crippen LogP contribution in [0, 0.1) is 0 Å². The van der Waals surface area contributed by atoms with Crippen molar-refractivity contribution in [3.63, 3.8) is 0 Å². The van der Waals surface area contributed by atoms with Gasteiger partial charge in [0.25, 0.3) is 5.91 Å². The maximum absolute atomic E-state index is 11.6.